The summed E-state index contributed by atoms with van der Waals surface area (Å²) >= 11 is 0. The van der Waals surface area contributed by atoms with E-state index in [1.165, 1.54) is 0 Å². The van der Waals surface area contributed by atoms with E-state index >= 15 is 0 Å². The van der Waals surface area contributed by atoms with Gasteiger partial charge in [0.05, 0.1) is 6.61 Å². The summed E-state index contributed by atoms with van der Waals surface area (Å²) in [6.45, 7) is -0.664. The third-order valence-corrected chi connectivity index (χ3v) is 3.42. The van der Waals surface area contributed by atoms with Crippen LogP contribution in [0.3, 0.4) is 0 Å². The second-order valence-electron chi connectivity index (χ2n) is 4.70. The summed E-state index contributed by atoms with van der Waals surface area (Å²) in [5.41, 5.74) is -1.31. The third kappa shape index (κ3) is 1.86. The molecular weight excluding hydrogens is 302 g/mol. The predicted molar refractivity (Wildman–Crippen MR) is 67.8 cm³/mol. The van der Waals surface area contributed by atoms with E-state index in [2.05, 4.69) is 20.1 Å². The van der Waals surface area contributed by atoms with Crippen molar-refractivity contribution in [2.45, 2.75) is 24.2 Å². The largest absolute Gasteiger partial charge is 0.394 e. The number of aromatic amines is 1. The van der Waals surface area contributed by atoms with E-state index in [1.807, 2.05) is 0 Å². The van der Waals surface area contributed by atoms with Gasteiger partial charge in [-0.2, -0.15) is 4.98 Å². The van der Waals surface area contributed by atoms with Crippen molar-refractivity contribution < 1.29 is 25.2 Å². The fourth-order valence-electron chi connectivity index (χ4n) is 2.31. The van der Waals surface area contributed by atoms with Crippen LogP contribution >= 0.6 is 0 Å². The number of ether oxygens (including phenoxy) is 1. The van der Waals surface area contributed by atoms with Crippen molar-refractivity contribution in [1.82, 2.24) is 19.5 Å². The molecule has 5 N–H and O–H groups in total. The minimum atomic E-state index is -2.53. The number of aliphatic hydroxyl groups excluding tert-OH is 3. The van der Waals surface area contributed by atoms with Crippen molar-refractivity contribution in [3.05, 3.63) is 21.6 Å². The summed E-state index contributed by atoms with van der Waals surface area (Å²) < 4.78 is 5.83. The van der Waals surface area contributed by atoms with Gasteiger partial charge in [-0.15, -0.1) is 4.91 Å². The van der Waals surface area contributed by atoms with Gasteiger partial charge < -0.3 is 25.2 Å². The fourth-order valence-corrected chi connectivity index (χ4v) is 2.31. The Morgan fingerprint density at radius 2 is 2.23 bits per heavy atom. The molecule has 12 nitrogen and oxygen atoms in total. The molecule has 2 aromatic rings. The van der Waals surface area contributed by atoms with Gasteiger partial charge in [-0.25, -0.2) is 4.98 Å². The van der Waals surface area contributed by atoms with Crippen LogP contribution in [0.2, 0.25) is 0 Å². The molecule has 1 saturated heterocycles. The molecule has 0 aromatic carbocycles. The summed E-state index contributed by atoms with van der Waals surface area (Å²) in [4.78, 5) is 31.7. The van der Waals surface area contributed by atoms with E-state index in [1.54, 1.807) is 0 Å². The molecule has 0 aliphatic carbocycles. The number of aromatic nitrogens is 4. The van der Waals surface area contributed by atoms with Gasteiger partial charge in [0.2, 0.25) is 0 Å². The van der Waals surface area contributed by atoms with Gasteiger partial charge in [-0.1, -0.05) is 0 Å². The molecule has 0 unspecified atom stereocenters. The monoisotopic (exact) mass is 313 g/mol. The standard InChI is InChI=1S/C10H11N5O7/c16-1-3-5(17)6(18)10(20,22-3)15-2-11-4-7(15)12-9(14-21)13-8(4)19/h2-3,5-6,16-18,20H,1H2,(H,12,13,19)/t3-,5-,6-,10-/m1/s1. The average Bonchev–Trinajstić information content (AvgIpc) is 3.03. The number of hydrogen-bond donors (Lipinski definition) is 5. The van der Waals surface area contributed by atoms with Crippen LogP contribution in [0.25, 0.3) is 11.2 Å². The van der Waals surface area contributed by atoms with Gasteiger partial charge in [0.15, 0.2) is 17.3 Å². The number of H-pyrrole nitrogens is 1. The molecule has 1 aliphatic rings. The first kappa shape index (κ1) is 14.7. The Kier molecular flexibility index (Phi) is 3.26. The van der Waals surface area contributed by atoms with Crippen LogP contribution in [0.1, 0.15) is 0 Å². The van der Waals surface area contributed by atoms with Crippen LogP contribution in [-0.4, -0.2) is 64.9 Å². The molecule has 4 atom stereocenters. The van der Waals surface area contributed by atoms with E-state index in [0.29, 0.717) is 0 Å². The SMILES string of the molecule is O=Nc1nc2c(ncn2[C@]2(O)O[C@H](CO)[C@@H](O)[C@H]2O)c(=O)[nH]1. The molecule has 0 saturated carbocycles. The normalized spacial score (nSPS) is 31.7. The third-order valence-electron chi connectivity index (χ3n) is 3.42. The Morgan fingerprint density at radius 3 is 2.82 bits per heavy atom. The highest BCUT2D eigenvalue weighted by molar-refractivity contribution is 5.70. The fraction of sp³-hybridized carbons (Fsp3) is 0.500. The highest BCUT2D eigenvalue weighted by Crippen LogP contribution is 2.34. The first-order valence-corrected chi connectivity index (χ1v) is 6.10. The van der Waals surface area contributed by atoms with E-state index in [9.17, 15) is 25.0 Å². The molecule has 0 amide bonds. The maximum atomic E-state index is 11.7. The van der Waals surface area contributed by atoms with E-state index in [4.69, 9.17) is 9.84 Å². The van der Waals surface area contributed by atoms with Crippen LogP contribution in [-0.2, 0) is 10.6 Å². The Morgan fingerprint density at radius 1 is 1.50 bits per heavy atom. The van der Waals surface area contributed by atoms with Crippen LogP contribution in [0.15, 0.2) is 16.3 Å². The molecule has 3 heterocycles. The second-order valence-corrected chi connectivity index (χ2v) is 4.70. The Bertz CT molecular complexity index is 788. The van der Waals surface area contributed by atoms with Crippen molar-refractivity contribution in [2.24, 2.45) is 5.18 Å². The lowest BCUT2D eigenvalue weighted by Gasteiger charge is -2.27. The highest BCUT2D eigenvalue weighted by atomic mass is 16.7. The van der Waals surface area contributed by atoms with E-state index in [0.717, 1.165) is 10.9 Å². The zero-order valence-corrected chi connectivity index (χ0v) is 10.8. The number of hydrogen-bond acceptors (Lipinski definition) is 10. The molecule has 22 heavy (non-hydrogen) atoms. The average molecular weight is 313 g/mol. The minimum absolute atomic E-state index is 0.237. The lowest BCUT2D eigenvalue weighted by atomic mass is 10.1. The van der Waals surface area contributed by atoms with Gasteiger partial charge in [0.1, 0.15) is 18.5 Å². The molecular formula is C10H11N5O7. The Hall–Kier alpha value is -2.25. The first-order valence-electron chi connectivity index (χ1n) is 6.10. The summed E-state index contributed by atoms with van der Waals surface area (Å²) in [7, 11) is 0. The Balaban J connectivity index is 2.20. The molecule has 3 rings (SSSR count). The van der Waals surface area contributed by atoms with Gasteiger partial charge in [-0.3, -0.25) is 14.3 Å². The summed E-state index contributed by atoms with van der Waals surface area (Å²) in [5, 5.41) is 41.7. The summed E-state index contributed by atoms with van der Waals surface area (Å²) in [6, 6.07) is 0. The summed E-state index contributed by atoms with van der Waals surface area (Å²) in [6.07, 6.45) is -3.76. The lowest BCUT2D eigenvalue weighted by molar-refractivity contribution is -0.287. The van der Waals surface area contributed by atoms with Crippen LogP contribution < -0.4 is 5.56 Å². The maximum absolute atomic E-state index is 11.7. The minimum Gasteiger partial charge on any atom is -0.394 e. The number of nitrogens with zero attached hydrogens (tertiary/aromatic N) is 4. The van der Waals surface area contributed by atoms with Gasteiger partial charge >= 0.3 is 0 Å². The van der Waals surface area contributed by atoms with Crippen molar-refractivity contribution in [2.75, 3.05) is 6.61 Å². The van der Waals surface area contributed by atoms with Crippen LogP contribution in [0, 0.1) is 4.91 Å². The van der Waals surface area contributed by atoms with Crippen LogP contribution in [0.4, 0.5) is 5.95 Å². The highest BCUT2D eigenvalue weighted by Gasteiger charge is 2.55. The first-order chi connectivity index (χ1) is 10.4. The summed E-state index contributed by atoms with van der Waals surface area (Å²) in [5.74, 6) is -3.09. The molecule has 2 aromatic heterocycles. The lowest BCUT2D eigenvalue weighted by Crippen LogP contribution is -2.45. The van der Waals surface area contributed by atoms with Crippen molar-refractivity contribution >= 4 is 17.1 Å². The van der Waals surface area contributed by atoms with Crippen LogP contribution in [0.5, 0.6) is 0 Å². The quantitative estimate of drug-likeness (QED) is 0.374. The van der Waals surface area contributed by atoms with E-state index in [-0.39, 0.29) is 11.2 Å². The van der Waals surface area contributed by atoms with E-state index < -0.39 is 42.3 Å². The number of imidazole rings is 1. The van der Waals surface area contributed by atoms with Gasteiger partial charge in [-0.05, 0) is 0 Å². The molecule has 1 aliphatic heterocycles. The number of nitroso groups, excluding NO2 is 1. The molecule has 0 radical (unpaired) electrons. The Labute approximate surface area is 120 Å². The molecule has 118 valence electrons. The maximum Gasteiger partial charge on any atom is 0.286 e. The van der Waals surface area contributed by atoms with Crippen molar-refractivity contribution in [1.29, 1.82) is 0 Å². The smallest absolute Gasteiger partial charge is 0.286 e. The van der Waals surface area contributed by atoms with Crippen molar-refractivity contribution in [3.63, 3.8) is 0 Å². The number of nitrogens with one attached hydrogen (secondary N) is 1. The zero-order valence-electron chi connectivity index (χ0n) is 10.8. The number of fused-ring (bicyclic) bond motifs is 1. The molecule has 12 heteroatoms. The van der Waals surface area contributed by atoms with Crippen molar-refractivity contribution in [3.8, 4) is 0 Å². The van der Waals surface area contributed by atoms with Gasteiger partial charge in [0, 0.05) is 5.18 Å². The molecule has 1 fully saturated rings. The van der Waals surface area contributed by atoms with Gasteiger partial charge in [0.25, 0.3) is 17.4 Å². The molecule has 0 bridgehead atoms. The molecule has 0 spiro atoms. The second kappa shape index (κ2) is 4.89. The predicted octanol–water partition coefficient (Wildman–Crippen LogP) is -2.77. The number of aliphatic hydroxyl groups is 4. The number of rotatable bonds is 3. The zero-order chi connectivity index (χ0) is 16.1. The topological polar surface area (TPSA) is 183 Å².